The van der Waals surface area contributed by atoms with Crippen LogP contribution >= 0.6 is 0 Å². The van der Waals surface area contributed by atoms with Crippen molar-refractivity contribution < 1.29 is 48.9 Å². The molecule has 1 aromatic heterocycles. The molecule has 0 saturated carbocycles. The highest BCUT2D eigenvalue weighted by Crippen LogP contribution is 2.38. The lowest BCUT2D eigenvalue weighted by atomic mass is 9.99. The summed E-state index contributed by atoms with van der Waals surface area (Å²) in [7, 11) is 2.72. The molecule has 1 aliphatic rings. The van der Waals surface area contributed by atoms with Gasteiger partial charge in [0.15, 0.2) is 11.5 Å². The number of aromatic hydroxyl groups is 1. The fraction of sp³-hybridized carbons (Fsp3) is 0.381. The summed E-state index contributed by atoms with van der Waals surface area (Å²) in [5, 5.41) is 49.9. The SMILES string of the molecule is COc1cc(O[C@@H]2O[C@H](CO)[C@@H](O)[C@H](O)[C@H]2O)c2c(=O)c3c(O)c(OC)ccc3oc2c1. The molecule has 172 valence electrons. The molecule has 0 radical (unpaired) electrons. The van der Waals surface area contributed by atoms with Gasteiger partial charge >= 0.3 is 0 Å². The Kier molecular flexibility index (Phi) is 5.84. The monoisotopic (exact) mass is 450 g/mol. The Bertz CT molecular complexity index is 1200. The molecule has 0 bridgehead atoms. The van der Waals surface area contributed by atoms with Crippen LogP contribution in [0, 0.1) is 0 Å². The first-order valence-electron chi connectivity index (χ1n) is 9.62. The number of hydrogen-bond donors (Lipinski definition) is 5. The molecule has 0 aliphatic carbocycles. The minimum atomic E-state index is -1.70. The summed E-state index contributed by atoms with van der Waals surface area (Å²) in [6.07, 6.45) is -7.70. The molecule has 3 aromatic rings. The Labute approximate surface area is 180 Å². The minimum absolute atomic E-state index is 0.0611. The number of rotatable bonds is 5. The number of benzene rings is 2. The molecule has 0 amide bonds. The maximum atomic E-state index is 13.3. The number of phenols is 1. The van der Waals surface area contributed by atoms with Crippen molar-refractivity contribution in [2.75, 3.05) is 20.8 Å². The van der Waals surface area contributed by atoms with E-state index in [0.717, 1.165) is 0 Å². The van der Waals surface area contributed by atoms with E-state index in [1.54, 1.807) is 0 Å². The average molecular weight is 450 g/mol. The highest BCUT2D eigenvalue weighted by molar-refractivity contribution is 5.97. The topological polar surface area (TPSA) is 168 Å². The molecule has 1 saturated heterocycles. The van der Waals surface area contributed by atoms with Crippen molar-refractivity contribution >= 4 is 21.9 Å². The van der Waals surface area contributed by atoms with Crippen LogP contribution in [0.15, 0.2) is 33.5 Å². The van der Waals surface area contributed by atoms with Crippen molar-refractivity contribution in [3.05, 3.63) is 34.5 Å². The second-order valence-electron chi connectivity index (χ2n) is 7.23. The molecule has 2 heterocycles. The predicted molar refractivity (Wildman–Crippen MR) is 109 cm³/mol. The van der Waals surface area contributed by atoms with E-state index in [1.807, 2.05) is 0 Å². The van der Waals surface area contributed by atoms with Gasteiger partial charge in [-0.25, -0.2) is 0 Å². The fourth-order valence-corrected chi connectivity index (χ4v) is 3.64. The maximum Gasteiger partial charge on any atom is 0.229 e. The highest BCUT2D eigenvalue weighted by Gasteiger charge is 2.45. The zero-order valence-corrected chi connectivity index (χ0v) is 17.1. The smallest absolute Gasteiger partial charge is 0.229 e. The number of ether oxygens (including phenoxy) is 4. The van der Waals surface area contributed by atoms with Gasteiger partial charge in [-0.3, -0.25) is 4.79 Å². The van der Waals surface area contributed by atoms with E-state index >= 15 is 0 Å². The van der Waals surface area contributed by atoms with Crippen LogP contribution in [0.25, 0.3) is 21.9 Å². The van der Waals surface area contributed by atoms with Gasteiger partial charge in [-0.2, -0.15) is 0 Å². The standard InChI is InChI=1S/C21H22O11/c1-28-8-5-11-14(18(25)15-9(30-11)3-4-10(29-2)16(15)23)12(6-8)31-21-20(27)19(26)17(24)13(7-22)32-21/h3-6,13,17,19-24,26-27H,7H2,1-2H3/t13-,17-,19+,20-,21-/m1/s1. The fourth-order valence-electron chi connectivity index (χ4n) is 3.64. The Morgan fingerprint density at radius 3 is 2.34 bits per heavy atom. The third kappa shape index (κ3) is 3.49. The van der Waals surface area contributed by atoms with Crippen LogP contribution in [0.4, 0.5) is 0 Å². The van der Waals surface area contributed by atoms with Crippen LogP contribution in [-0.2, 0) is 4.74 Å². The van der Waals surface area contributed by atoms with Gasteiger partial charge < -0.3 is 48.9 Å². The van der Waals surface area contributed by atoms with Crippen molar-refractivity contribution in [3.63, 3.8) is 0 Å². The van der Waals surface area contributed by atoms with Gasteiger partial charge in [0.05, 0.1) is 20.8 Å². The first-order valence-corrected chi connectivity index (χ1v) is 9.62. The molecule has 11 heteroatoms. The van der Waals surface area contributed by atoms with E-state index in [2.05, 4.69) is 0 Å². The summed E-state index contributed by atoms with van der Waals surface area (Å²) < 4.78 is 27.1. The van der Waals surface area contributed by atoms with E-state index in [0.29, 0.717) is 0 Å². The normalized spacial score (nSPS) is 25.8. The summed E-state index contributed by atoms with van der Waals surface area (Å²) in [5.41, 5.74) is -0.501. The van der Waals surface area contributed by atoms with E-state index in [4.69, 9.17) is 23.4 Å². The van der Waals surface area contributed by atoms with Gasteiger partial charge in [-0.15, -0.1) is 0 Å². The lowest BCUT2D eigenvalue weighted by Crippen LogP contribution is -2.60. The van der Waals surface area contributed by atoms with Crippen LogP contribution in [0.3, 0.4) is 0 Å². The number of fused-ring (bicyclic) bond motifs is 2. The Morgan fingerprint density at radius 2 is 1.69 bits per heavy atom. The molecule has 2 aromatic carbocycles. The lowest BCUT2D eigenvalue weighted by Gasteiger charge is -2.39. The van der Waals surface area contributed by atoms with Crippen LogP contribution in [0.1, 0.15) is 0 Å². The van der Waals surface area contributed by atoms with E-state index in [9.17, 15) is 30.3 Å². The molecule has 11 nitrogen and oxygen atoms in total. The zero-order valence-electron chi connectivity index (χ0n) is 17.1. The van der Waals surface area contributed by atoms with Gasteiger partial charge in [0.25, 0.3) is 0 Å². The van der Waals surface area contributed by atoms with Crippen molar-refractivity contribution in [1.29, 1.82) is 0 Å². The van der Waals surface area contributed by atoms with Crippen molar-refractivity contribution in [2.24, 2.45) is 0 Å². The Hall–Kier alpha value is -3.09. The molecule has 0 spiro atoms. The third-order valence-electron chi connectivity index (χ3n) is 5.36. The van der Waals surface area contributed by atoms with Crippen molar-refractivity contribution in [2.45, 2.75) is 30.7 Å². The van der Waals surface area contributed by atoms with Gasteiger partial charge in [0, 0.05) is 12.1 Å². The van der Waals surface area contributed by atoms with E-state index < -0.39 is 48.5 Å². The molecule has 32 heavy (non-hydrogen) atoms. The first kappa shape index (κ1) is 22.1. The summed E-state index contributed by atoms with van der Waals surface area (Å²) in [6.45, 7) is -0.649. The number of aliphatic hydroxyl groups excluding tert-OH is 4. The van der Waals surface area contributed by atoms with E-state index in [-0.39, 0.29) is 39.2 Å². The molecule has 5 N–H and O–H groups in total. The Morgan fingerprint density at radius 1 is 0.938 bits per heavy atom. The molecule has 1 aliphatic heterocycles. The summed E-state index contributed by atoms with van der Waals surface area (Å²) in [4.78, 5) is 13.3. The second-order valence-corrected chi connectivity index (χ2v) is 7.23. The molecule has 5 atom stereocenters. The highest BCUT2D eigenvalue weighted by atomic mass is 16.7. The number of phenolic OH excluding ortho intramolecular Hbond substituents is 1. The second kappa shape index (κ2) is 8.45. The summed E-state index contributed by atoms with van der Waals surface area (Å²) in [6, 6.07) is 5.69. The van der Waals surface area contributed by atoms with E-state index in [1.165, 1.54) is 38.5 Å². The van der Waals surface area contributed by atoms with Crippen molar-refractivity contribution in [3.8, 4) is 23.0 Å². The number of hydrogen-bond acceptors (Lipinski definition) is 11. The molecular formula is C21H22O11. The largest absolute Gasteiger partial charge is 0.504 e. The predicted octanol–water partition coefficient (Wildman–Crippen LogP) is -0.152. The van der Waals surface area contributed by atoms with Crippen LogP contribution in [-0.4, -0.2) is 77.1 Å². The lowest BCUT2D eigenvalue weighted by molar-refractivity contribution is -0.277. The number of aliphatic hydroxyl groups is 4. The summed E-state index contributed by atoms with van der Waals surface area (Å²) >= 11 is 0. The average Bonchev–Trinajstić information content (AvgIpc) is 2.79. The zero-order chi connectivity index (χ0) is 23.2. The molecule has 1 fully saturated rings. The maximum absolute atomic E-state index is 13.3. The Balaban J connectivity index is 1.90. The molecular weight excluding hydrogens is 428 g/mol. The summed E-state index contributed by atoms with van der Waals surface area (Å²) in [5.74, 6) is -0.247. The van der Waals surface area contributed by atoms with Crippen molar-refractivity contribution in [1.82, 2.24) is 0 Å². The first-order chi connectivity index (χ1) is 15.3. The van der Waals surface area contributed by atoms with Gasteiger partial charge in [-0.05, 0) is 12.1 Å². The number of methoxy groups -OCH3 is 2. The van der Waals surface area contributed by atoms with Gasteiger partial charge in [0.1, 0.15) is 57.9 Å². The van der Waals surface area contributed by atoms with Crippen LogP contribution in [0.5, 0.6) is 23.0 Å². The molecule has 4 rings (SSSR count). The third-order valence-corrected chi connectivity index (χ3v) is 5.36. The molecule has 0 unspecified atom stereocenters. The van der Waals surface area contributed by atoms with Crippen LogP contribution < -0.4 is 19.6 Å². The van der Waals surface area contributed by atoms with Gasteiger partial charge in [0.2, 0.25) is 11.7 Å². The quantitative estimate of drug-likeness (QED) is 0.328. The minimum Gasteiger partial charge on any atom is -0.504 e. The van der Waals surface area contributed by atoms with Crippen LogP contribution in [0.2, 0.25) is 0 Å². The van der Waals surface area contributed by atoms with Gasteiger partial charge in [-0.1, -0.05) is 0 Å².